The molecule has 0 saturated heterocycles. The van der Waals surface area contributed by atoms with Gasteiger partial charge in [0.25, 0.3) is 0 Å². The minimum Gasteiger partial charge on any atom is -0.411 e. The normalized spacial score (nSPS) is 14.0. The van der Waals surface area contributed by atoms with E-state index in [4.69, 9.17) is 4.43 Å². The molecular weight excluding hydrogens is 276 g/mol. The maximum absolute atomic E-state index is 11.9. The topological polar surface area (TPSA) is 26.3 Å². The third-order valence-electron chi connectivity index (χ3n) is 4.53. The molecule has 21 heavy (non-hydrogen) atoms. The van der Waals surface area contributed by atoms with Gasteiger partial charge in [0.05, 0.1) is 6.10 Å². The molecule has 0 saturated carbocycles. The number of rotatable bonds is 11. The number of ketones is 1. The lowest BCUT2D eigenvalue weighted by Gasteiger charge is -2.38. The molecular formula is C18H36O2Si. The van der Waals surface area contributed by atoms with Gasteiger partial charge in [-0.05, 0) is 31.0 Å². The summed E-state index contributed by atoms with van der Waals surface area (Å²) in [4.78, 5) is 11.9. The smallest absolute Gasteiger partial charge is 0.192 e. The summed E-state index contributed by atoms with van der Waals surface area (Å²) in [5, 5.41) is 0.193. The molecule has 124 valence electrons. The number of hydrogen-bond donors (Lipinski definition) is 0. The second-order valence-electron chi connectivity index (χ2n) is 7.54. The van der Waals surface area contributed by atoms with Crippen molar-refractivity contribution in [3.63, 3.8) is 0 Å². The summed E-state index contributed by atoms with van der Waals surface area (Å²) in [6.45, 7) is 17.3. The van der Waals surface area contributed by atoms with Crippen LogP contribution >= 0.6 is 0 Å². The predicted octanol–water partition coefficient (Wildman–Crippen LogP) is 5.88. The van der Waals surface area contributed by atoms with Crippen LogP contribution in [0, 0.1) is 0 Å². The van der Waals surface area contributed by atoms with Crippen LogP contribution in [0.1, 0.15) is 72.6 Å². The van der Waals surface area contributed by atoms with E-state index < -0.39 is 8.32 Å². The van der Waals surface area contributed by atoms with E-state index >= 15 is 0 Å². The molecule has 0 aliphatic carbocycles. The molecule has 0 spiro atoms. The van der Waals surface area contributed by atoms with Crippen molar-refractivity contribution in [2.75, 3.05) is 0 Å². The zero-order valence-corrected chi connectivity index (χ0v) is 16.1. The molecule has 0 radical (unpaired) electrons. The van der Waals surface area contributed by atoms with Crippen LogP contribution in [-0.2, 0) is 9.22 Å². The molecule has 0 heterocycles. The van der Waals surface area contributed by atoms with E-state index in [0.29, 0.717) is 12.2 Å². The second-order valence-corrected chi connectivity index (χ2v) is 12.3. The van der Waals surface area contributed by atoms with Gasteiger partial charge in [-0.1, -0.05) is 53.0 Å². The number of unbranched alkanes of at least 4 members (excludes halogenated alkanes) is 3. The third-order valence-corrected chi connectivity index (χ3v) is 9.04. The van der Waals surface area contributed by atoms with E-state index in [-0.39, 0.29) is 11.1 Å². The van der Waals surface area contributed by atoms with Gasteiger partial charge < -0.3 is 4.43 Å². The monoisotopic (exact) mass is 312 g/mol. The minimum atomic E-state index is -1.78. The molecule has 2 nitrogen and oxygen atoms in total. The fraction of sp³-hybridized carbons (Fsp3) is 0.833. The molecule has 0 N–H and O–H groups in total. The summed E-state index contributed by atoms with van der Waals surface area (Å²) < 4.78 is 6.31. The molecule has 1 atom stereocenters. The molecule has 0 aromatic rings. The second kappa shape index (κ2) is 9.57. The third kappa shape index (κ3) is 8.57. The highest BCUT2D eigenvalue weighted by Crippen LogP contribution is 2.37. The summed E-state index contributed by atoms with van der Waals surface area (Å²) in [6.07, 6.45) is 8.67. The van der Waals surface area contributed by atoms with Crippen molar-refractivity contribution in [3.8, 4) is 0 Å². The molecule has 0 bridgehead atoms. The molecule has 1 unspecified atom stereocenters. The van der Waals surface area contributed by atoms with Crippen molar-refractivity contribution in [1.29, 1.82) is 0 Å². The maximum atomic E-state index is 11.9. The molecule has 3 heteroatoms. The van der Waals surface area contributed by atoms with Gasteiger partial charge in [0, 0.05) is 12.8 Å². The SMILES string of the molecule is C=CC(CCC(=O)CCCCCC)O[Si](C)(C)C(C)(C)C. The Labute approximate surface area is 133 Å². The van der Waals surface area contributed by atoms with Crippen molar-refractivity contribution < 1.29 is 9.22 Å². The summed E-state index contributed by atoms with van der Waals surface area (Å²) in [6, 6.07) is 0. The largest absolute Gasteiger partial charge is 0.411 e. The van der Waals surface area contributed by atoms with E-state index in [2.05, 4.69) is 47.4 Å². The molecule has 0 aliphatic heterocycles. The Morgan fingerprint density at radius 3 is 2.29 bits per heavy atom. The van der Waals surface area contributed by atoms with Gasteiger partial charge in [-0.2, -0.15) is 0 Å². The lowest BCUT2D eigenvalue weighted by molar-refractivity contribution is -0.119. The van der Waals surface area contributed by atoms with Crippen molar-refractivity contribution in [3.05, 3.63) is 12.7 Å². The van der Waals surface area contributed by atoms with Crippen LogP contribution in [0.3, 0.4) is 0 Å². The number of hydrogen-bond acceptors (Lipinski definition) is 2. The average Bonchev–Trinajstić information content (AvgIpc) is 2.38. The first-order valence-corrected chi connectivity index (χ1v) is 11.4. The average molecular weight is 313 g/mol. The zero-order chi connectivity index (χ0) is 16.5. The number of Topliss-reactive ketones (excluding diaryl/α,β-unsaturated/α-hetero) is 1. The van der Waals surface area contributed by atoms with Gasteiger partial charge in [-0.3, -0.25) is 4.79 Å². The molecule has 0 aliphatic rings. The number of carbonyl (C=O) groups is 1. The first-order valence-electron chi connectivity index (χ1n) is 8.46. The molecule has 0 fully saturated rings. The van der Waals surface area contributed by atoms with Crippen LogP contribution in [0.25, 0.3) is 0 Å². The Kier molecular flexibility index (Phi) is 9.38. The lowest BCUT2D eigenvalue weighted by Crippen LogP contribution is -2.43. The van der Waals surface area contributed by atoms with Crippen LogP contribution in [0.5, 0.6) is 0 Å². The Balaban J connectivity index is 4.16. The fourth-order valence-electron chi connectivity index (χ4n) is 1.96. The van der Waals surface area contributed by atoms with E-state index in [1.165, 1.54) is 19.3 Å². The number of carbonyl (C=O) groups excluding carboxylic acids is 1. The minimum absolute atomic E-state index is 0.0190. The van der Waals surface area contributed by atoms with Gasteiger partial charge in [0.15, 0.2) is 8.32 Å². The maximum Gasteiger partial charge on any atom is 0.192 e. The summed E-state index contributed by atoms with van der Waals surface area (Å²) in [5.41, 5.74) is 0. The summed E-state index contributed by atoms with van der Waals surface area (Å²) in [7, 11) is -1.78. The zero-order valence-electron chi connectivity index (χ0n) is 15.1. The fourth-order valence-corrected chi connectivity index (χ4v) is 3.28. The van der Waals surface area contributed by atoms with Crippen molar-refractivity contribution >= 4 is 14.1 Å². The van der Waals surface area contributed by atoms with Crippen LogP contribution in [0.15, 0.2) is 12.7 Å². The highest BCUT2D eigenvalue weighted by Gasteiger charge is 2.38. The van der Waals surface area contributed by atoms with Crippen molar-refractivity contribution in [1.82, 2.24) is 0 Å². The van der Waals surface area contributed by atoms with Crippen molar-refractivity contribution in [2.45, 2.75) is 96.9 Å². The van der Waals surface area contributed by atoms with Gasteiger partial charge in [-0.25, -0.2) is 0 Å². The summed E-state index contributed by atoms with van der Waals surface area (Å²) >= 11 is 0. The van der Waals surface area contributed by atoms with Crippen LogP contribution in [0.2, 0.25) is 18.1 Å². The highest BCUT2D eigenvalue weighted by atomic mass is 28.4. The molecule has 0 amide bonds. The first-order chi connectivity index (χ1) is 9.64. The highest BCUT2D eigenvalue weighted by molar-refractivity contribution is 6.74. The predicted molar refractivity (Wildman–Crippen MR) is 95.3 cm³/mol. The van der Waals surface area contributed by atoms with Crippen LogP contribution in [0.4, 0.5) is 0 Å². The van der Waals surface area contributed by atoms with Gasteiger partial charge in [0.1, 0.15) is 5.78 Å². The lowest BCUT2D eigenvalue weighted by atomic mass is 10.1. The Morgan fingerprint density at radius 1 is 1.19 bits per heavy atom. The first kappa shape index (κ1) is 20.6. The Bertz CT molecular complexity index is 316. The van der Waals surface area contributed by atoms with Crippen LogP contribution in [-0.4, -0.2) is 20.2 Å². The van der Waals surface area contributed by atoms with E-state index in [9.17, 15) is 4.79 Å². The van der Waals surface area contributed by atoms with Gasteiger partial charge >= 0.3 is 0 Å². The molecule has 0 rings (SSSR count). The Morgan fingerprint density at radius 2 is 1.81 bits per heavy atom. The van der Waals surface area contributed by atoms with Crippen molar-refractivity contribution in [2.24, 2.45) is 0 Å². The Hall–Kier alpha value is -0.413. The van der Waals surface area contributed by atoms with Crippen LogP contribution < -0.4 is 0 Å². The van der Waals surface area contributed by atoms with Gasteiger partial charge in [0.2, 0.25) is 0 Å². The quantitative estimate of drug-likeness (QED) is 0.270. The van der Waals surface area contributed by atoms with Gasteiger partial charge in [-0.15, -0.1) is 6.58 Å². The molecule has 0 aromatic carbocycles. The molecule has 0 aromatic heterocycles. The van der Waals surface area contributed by atoms with E-state index in [0.717, 1.165) is 19.3 Å². The summed E-state index contributed by atoms with van der Waals surface area (Å²) in [5.74, 6) is 0.372. The van der Waals surface area contributed by atoms with E-state index in [1.807, 2.05) is 6.08 Å². The van der Waals surface area contributed by atoms with E-state index in [1.54, 1.807) is 0 Å². The standard InChI is InChI=1S/C18H36O2Si/c1-8-10-11-12-13-16(19)14-15-17(9-2)20-21(6,7)18(3,4)5/h9,17H,2,8,10-15H2,1,3-7H3.